The Labute approximate surface area is 146 Å². The van der Waals surface area contributed by atoms with Gasteiger partial charge in [0.2, 0.25) is 0 Å². The molecule has 2 heteroatoms. The van der Waals surface area contributed by atoms with Crippen LogP contribution < -0.4 is 0 Å². The third kappa shape index (κ3) is 9.01. The van der Waals surface area contributed by atoms with Gasteiger partial charge in [0.25, 0.3) is 0 Å². The number of benzene rings is 2. The molecule has 0 spiro atoms. The van der Waals surface area contributed by atoms with Crippen LogP contribution >= 0.6 is 23.5 Å². The van der Waals surface area contributed by atoms with Crippen molar-refractivity contribution in [3.8, 4) is 0 Å². The molecule has 22 heavy (non-hydrogen) atoms. The van der Waals surface area contributed by atoms with E-state index in [1.165, 1.54) is 33.1 Å². The SMILES string of the molecule is C.C=CSCCC.Cc1ccc(Sc2ccc(C)cc2)cc1.[HH]. The maximum absolute atomic E-state index is 3.56. The average Bonchev–Trinajstić information content (AvgIpc) is 2.50. The molecule has 0 atom stereocenters. The normalized spacial score (nSPS) is 9.23. The maximum atomic E-state index is 3.56. The largest absolute Gasteiger partial charge is 0.135 e. The van der Waals surface area contributed by atoms with Crippen LogP contribution in [0.2, 0.25) is 0 Å². The molecule has 0 fully saturated rings. The third-order valence-corrected chi connectivity index (χ3v) is 4.61. The molecule has 0 radical (unpaired) electrons. The summed E-state index contributed by atoms with van der Waals surface area (Å²) >= 11 is 3.58. The van der Waals surface area contributed by atoms with Crippen LogP contribution in [-0.4, -0.2) is 5.75 Å². The van der Waals surface area contributed by atoms with Crippen molar-refractivity contribution in [2.24, 2.45) is 0 Å². The van der Waals surface area contributed by atoms with Crippen molar-refractivity contribution in [3.63, 3.8) is 0 Å². The van der Waals surface area contributed by atoms with E-state index in [9.17, 15) is 0 Å². The fraction of sp³-hybridized carbons (Fsp3) is 0.300. The Kier molecular flexibility index (Phi) is 11.8. The first-order valence-corrected chi connectivity index (χ1v) is 9.06. The van der Waals surface area contributed by atoms with Gasteiger partial charge in [0.05, 0.1) is 0 Å². The highest BCUT2D eigenvalue weighted by Crippen LogP contribution is 2.27. The first kappa shape index (κ1) is 20.9. The predicted octanol–water partition coefficient (Wildman–Crippen LogP) is 7.61. The van der Waals surface area contributed by atoms with Gasteiger partial charge in [-0.15, -0.1) is 11.8 Å². The minimum atomic E-state index is 0. The second-order valence-electron chi connectivity index (χ2n) is 4.77. The van der Waals surface area contributed by atoms with Crippen LogP contribution in [0.1, 0.15) is 33.3 Å². The van der Waals surface area contributed by atoms with Crippen molar-refractivity contribution in [1.29, 1.82) is 0 Å². The van der Waals surface area contributed by atoms with Crippen LogP contribution in [0.3, 0.4) is 0 Å². The summed E-state index contributed by atoms with van der Waals surface area (Å²) in [7, 11) is 0. The quantitative estimate of drug-likeness (QED) is 0.516. The fourth-order valence-electron chi connectivity index (χ4n) is 1.55. The molecule has 2 aromatic carbocycles. The van der Waals surface area contributed by atoms with E-state index in [0.717, 1.165) is 0 Å². The molecule has 0 amide bonds. The molecule has 0 aliphatic rings. The van der Waals surface area contributed by atoms with E-state index in [2.05, 4.69) is 75.9 Å². The van der Waals surface area contributed by atoms with E-state index in [0.29, 0.717) is 0 Å². The maximum Gasteiger partial charge on any atom is 0.0122 e. The summed E-state index contributed by atoms with van der Waals surface area (Å²) in [6.45, 7) is 9.95. The van der Waals surface area contributed by atoms with Crippen molar-refractivity contribution in [2.45, 2.75) is 44.4 Å². The van der Waals surface area contributed by atoms with Crippen LogP contribution in [0.5, 0.6) is 0 Å². The summed E-state index contributed by atoms with van der Waals surface area (Å²) in [5.41, 5.74) is 2.62. The van der Waals surface area contributed by atoms with Crippen molar-refractivity contribution in [1.82, 2.24) is 0 Å². The van der Waals surface area contributed by atoms with Gasteiger partial charge in [-0.05, 0) is 55.7 Å². The zero-order valence-corrected chi connectivity index (χ0v) is 14.8. The Morgan fingerprint density at radius 3 is 1.59 bits per heavy atom. The summed E-state index contributed by atoms with van der Waals surface area (Å²) in [4.78, 5) is 2.59. The van der Waals surface area contributed by atoms with Gasteiger partial charge in [0.1, 0.15) is 0 Å². The second-order valence-corrected chi connectivity index (χ2v) is 6.99. The van der Waals surface area contributed by atoms with Crippen LogP contribution in [0, 0.1) is 13.8 Å². The molecular weight excluding hydrogens is 304 g/mol. The molecule has 0 saturated carbocycles. The van der Waals surface area contributed by atoms with Crippen molar-refractivity contribution in [2.75, 3.05) is 5.75 Å². The van der Waals surface area contributed by atoms with Gasteiger partial charge in [-0.2, -0.15) is 0 Å². The fourth-order valence-corrected chi connectivity index (χ4v) is 2.77. The minimum absolute atomic E-state index is 0. The zero-order chi connectivity index (χ0) is 15.5. The lowest BCUT2D eigenvalue weighted by molar-refractivity contribution is 1.11. The molecule has 0 heterocycles. The number of hydrogen-bond donors (Lipinski definition) is 0. The minimum Gasteiger partial charge on any atom is -0.135 e. The van der Waals surface area contributed by atoms with Gasteiger partial charge >= 0.3 is 0 Å². The van der Waals surface area contributed by atoms with E-state index in [-0.39, 0.29) is 8.85 Å². The highest BCUT2D eigenvalue weighted by atomic mass is 32.2. The standard InChI is InChI=1S/C14H14S.C5H10S.CH4.H2/c1-11-3-7-13(8-4-11)15-14-9-5-12(2)6-10-14;1-3-5-6-4-2;;/h3-10H,1-2H3;4H,2-3,5H2,1H3;1H4;1H. The van der Waals surface area contributed by atoms with Crippen molar-refractivity contribution in [3.05, 3.63) is 71.6 Å². The Balaban J connectivity index is 0. The molecular formula is C20H30S2. The lowest BCUT2D eigenvalue weighted by Crippen LogP contribution is -1.76. The van der Waals surface area contributed by atoms with Crippen LogP contribution in [0.25, 0.3) is 0 Å². The molecule has 0 aliphatic heterocycles. The first-order valence-electron chi connectivity index (χ1n) is 7.19. The number of hydrogen-bond acceptors (Lipinski definition) is 2. The van der Waals surface area contributed by atoms with Gasteiger partial charge < -0.3 is 0 Å². The Morgan fingerprint density at radius 2 is 1.32 bits per heavy atom. The molecule has 0 aliphatic carbocycles. The van der Waals surface area contributed by atoms with Crippen molar-refractivity contribution < 1.29 is 1.43 Å². The summed E-state index contributed by atoms with van der Waals surface area (Å²) in [6.07, 6.45) is 1.25. The molecule has 0 saturated heterocycles. The Hall–Kier alpha value is -1.12. The zero-order valence-electron chi connectivity index (χ0n) is 13.1. The van der Waals surface area contributed by atoms with Gasteiger partial charge in [-0.1, -0.05) is 68.1 Å². The molecule has 0 N–H and O–H groups in total. The molecule has 122 valence electrons. The lowest BCUT2D eigenvalue weighted by Gasteiger charge is -2.02. The van der Waals surface area contributed by atoms with Crippen LogP contribution in [0.15, 0.2) is 70.3 Å². The number of aryl methyl sites for hydroxylation is 2. The Morgan fingerprint density at radius 1 is 0.909 bits per heavy atom. The lowest BCUT2D eigenvalue weighted by atomic mass is 10.2. The molecule has 0 bridgehead atoms. The van der Waals surface area contributed by atoms with Crippen LogP contribution in [0.4, 0.5) is 0 Å². The molecule has 0 unspecified atom stereocenters. The average molecular weight is 335 g/mol. The topological polar surface area (TPSA) is 0 Å². The van der Waals surface area contributed by atoms with E-state index >= 15 is 0 Å². The monoisotopic (exact) mass is 334 g/mol. The van der Waals surface area contributed by atoms with E-state index in [1.807, 2.05) is 5.41 Å². The van der Waals surface area contributed by atoms with E-state index < -0.39 is 0 Å². The summed E-state index contributed by atoms with van der Waals surface area (Å²) in [5.74, 6) is 1.21. The molecule has 2 rings (SSSR count). The van der Waals surface area contributed by atoms with Gasteiger partial charge in [0, 0.05) is 11.2 Å². The summed E-state index contributed by atoms with van der Waals surface area (Å²) in [5, 5.41) is 1.88. The third-order valence-electron chi connectivity index (χ3n) is 2.72. The van der Waals surface area contributed by atoms with Crippen LogP contribution in [-0.2, 0) is 0 Å². The number of rotatable bonds is 5. The van der Waals surface area contributed by atoms with E-state index in [4.69, 9.17) is 0 Å². The predicted molar refractivity (Wildman–Crippen MR) is 108 cm³/mol. The summed E-state index contributed by atoms with van der Waals surface area (Å²) < 4.78 is 0. The molecule has 2 aromatic rings. The Bertz CT molecular complexity index is 475. The second kappa shape index (κ2) is 12.4. The highest BCUT2D eigenvalue weighted by Gasteiger charge is 1.96. The smallest absolute Gasteiger partial charge is 0.0122 e. The molecule has 0 nitrogen and oxygen atoms in total. The molecule has 0 aromatic heterocycles. The number of thioether (sulfide) groups is 1. The first-order chi connectivity index (χ1) is 10.2. The van der Waals surface area contributed by atoms with Gasteiger partial charge in [0.15, 0.2) is 0 Å². The van der Waals surface area contributed by atoms with Gasteiger partial charge in [-0.25, -0.2) is 0 Å². The van der Waals surface area contributed by atoms with Crippen molar-refractivity contribution >= 4 is 23.5 Å². The van der Waals surface area contributed by atoms with E-state index in [1.54, 1.807) is 23.5 Å². The van der Waals surface area contributed by atoms with Gasteiger partial charge in [-0.3, -0.25) is 0 Å². The highest BCUT2D eigenvalue weighted by molar-refractivity contribution is 8.02. The summed E-state index contributed by atoms with van der Waals surface area (Å²) in [6, 6.07) is 17.3.